The topological polar surface area (TPSA) is 78.4 Å². The second kappa shape index (κ2) is 5.73. The fourth-order valence-corrected chi connectivity index (χ4v) is 3.01. The summed E-state index contributed by atoms with van der Waals surface area (Å²) < 4.78 is 5.22. The fourth-order valence-electron chi connectivity index (χ4n) is 3.01. The van der Waals surface area contributed by atoms with Gasteiger partial charge in [-0.25, -0.2) is 0 Å². The van der Waals surface area contributed by atoms with Gasteiger partial charge in [-0.3, -0.25) is 14.8 Å². The number of rotatable bonds is 4. The molecular formula is C15H19N3O3. The summed E-state index contributed by atoms with van der Waals surface area (Å²) in [4.78, 5) is 12.7. The van der Waals surface area contributed by atoms with E-state index in [1.807, 2.05) is 23.1 Å². The van der Waals surface area contributed by atoms with Gasteiger partial charge in [-0.1, -0.05) is 0 Å². The molecule has 2 heterocycles. The zero-order valence-electron chi connectivity index (χ0n) is 12.0. The summed E-state index contributed by atoms with van der Waals surface area (Å²) >= 11 is 0. The SMILES string of the molecule is COc1ccc2c(C3CCN(CC(=O)O)CC3)n[nH]c2c1. The number of nitrogens with one attached hydrogen (secondary N) is 1. The molecule has 6 nitrogen and oxygen atoms in total. The lowest BCUT2D eigenvalue weighted by atomic mass is 9.91. The van der Waals surface area contributed by atoms with Crippen LogP contribution in [0.25, 0.3) is 10.9 Å². The molecule has 0 amide bonds. The molecule has 1 aliphatic rings. The van der Waals surface area contributed by atoms with Gasteiger partial charge < -0.3 is 9.84 Å². The smallest absolute Gasteiger partial charge is 0.317 e. The van der Waals surface area contributed by atoms with Crippen LogP contribution in [0.1, 0.15) is 24.5 Å². The first-order valence-electron chi connectivity index (χ1n) is 7.13. The van der Waals surface area contributed by atoms with Crippen molar-refractivity contribution in [3.8, 4) is 5.75 Å². The van der Waals surface area contributed by atoms with Crippen LogP contribution in [0.2, 0.25) is 0 Å². The summed E-state index contributed by atoms with van der Waals surface area (Å²) in [6, 6.07) is 5.93. The summed E-state index contributed by atoms with van der Waals surface area (Å²) in [5, 5.41) is 17.5. The lowest BCUT2D eigenvalue weighted by Gasteiger charge is -2.30. The number of aliphatic carboxylic acids is 1. The van der Waals surface area contributed by atoms with Crippen LogP contribution in [0.4, 0.5) is 0 Å². The molecular weight excluding hydrogens is 270 g/mol. The normalized spacial score (nSPS) is 17.2. The van der Waals surface area contributed by atoms with Crippen molar-refractivity contribution in [2.24, 2.45) is 0 Å². The summed E-state index contributed by atoms with van der Waals surface area (Å²) in [6.45, 7) is 1.74. The molecule has 112 valence electrons. The third-order valence-corrected chi connectivity index (χ3v) is 4.13. The molecule has 1 fully saturated rings. The van der Waals surface area contributed by atoms with E-state index in [2.05, 4.69) is 10.2 Å². The lowest BCUT2D eigenvalue weighted by Crippen LogP contribution is -2.36. The summed E-state index contributed by atoms with van der Waals surface area (Å²) in [5.74, 6) is 0.442. The minimum absolute atomic E-state index is 0.130. The van der Waals surface area contributed by atoms with Gasteiger partial charge in [0.15, 0.2) is 0 Å². The number of aromatic nitrogens is 2. The van der Waals surface area contributed by atoms with Crippen LogP contribution in [0, 0.1) is 0 Å². The Hall–Kier alpha value is -2.08. The van der Waals surface area contributed by atoms with Crippen LogP contribution < -0.4 is 4.74 Å². The molecule has 0 saturated carbocycles. The van der Waals surface area contributed by atoms with E-state index in [1.54, 1.807) is 7.11 Å². The van der Waals surface area contributed by atoms with Crippen molar-refractivity contribution in [1.29, 1.82) is 0 Å². The number of hydrogen-bond acceptors (Lipinski definition) is 4. The Bertz CT molecular complexity index is 645. The molecule has 1 saturated heterocycles. The van der Waals surface area contributed by atoms with E-state index in [-0.39, 0.29) is 6.54 Å². The molecule has 0 unspecified atom stereocenters. The van der Waals surface area contributed by atoms with Gasteiger partial charge in [-0.05, 0) is 38.1 Å². The monoisotopic (exact) mass is 289 g/mol. The van der Waals surface area contributed by atoms with Crippen molar-refractivity contribution in [3.63, 3.8) is 0 Å². The maximum absolute atomic E-state index is 10.7. The Kier molecular flexibility index (Phi) is 3.79. The molecule has 0 aliphatic carbocycles. The number of hydrogen-bond donors (Lipinski definition) is 2. The van der Waals surface area contributed by atoms with Gasteiger partial charge in [0.1, 0.15) is 5.75 Å². The molecule has 21 heavy (non-hydrogen) atoms. The highest BCUT2D eigenvalue weighted by Crippen LogP contribution is 2.32. The first-order chi connectivity index (χ1) is 10.2. The van der Waals surface area contributed by atoms with Crippen molar-refractivity contribution in [2.45, 2.75) is 18.8 Å². The van der Waals surface area contributed by atoms with Crippen molar-refractivity contribution >= 4 is 16.9 Å². The zero-order chi connectivity index (χ0) is 14.8. The Morgan fingerprint density at radius 3 is 2.90 bits per heavy atom. The molecule has 1 aromatic heterocycles. The van der Waals surface area contributed by atoms with E-state index in [0.29, 0.717) is 5.92 Å². The number of aromatic amines is 1. The minimum atomic E-state index is -0.759. The number of nitrogens with zero attached hydrogens (tertiary/aromatic N) is 2. The van der Waals surface area contributed by atoms with Crippen LogP contribution in [0.5, 0.6) is 5.75 Å². The molecule has 0 spiro atoms. The number of piperidine rings is 1. The first kappa shape index (κ1) is 13.9. The predicted octanol–water partition coefficient (Wildman–Crippen LogP) is 1.84. The summed E-state index contributed by atoms with van der Waals surface area (Å²) in [5.41, 5.74) is 2.07. The van der Waals surface area contributed by atoms with E-state index in [9.17, 15) is 4.79 Å². The van der Waals surface area contributed by atoms with Crippen LogP contribution in [-0.2, 0) is 4.79 Å². The van der Waals surface area contributed by atoms with Gasteiger partial charge in [-0.2, -0.15) is 5.10 Å². The van der Waals surface area contributed by atoms with Crippen molar-refractivity contribution in [1.82, 2.24) is 15.1 Å². The van der Waals surface area contributed by atoms with Gasteiger partial charge in [-0.15, -0.1) is 0 Å². The maximum atomic E-state index is 10.7. The summed E-state index contributed by atoms with van der Waals surface area (Å²) in [7, 11) is 1.65. The van der Waals surface area contributed by atoms with Crippen molar-refractivity contribution in [2.75, 3.05) is 26.7 Å². The standard InChI is InChI=1S/C15H19N3O3/c1-21-11-2-3-12-13(8-11)16-17-15(12)10-4-6-18(7-5-10)9-14(19)20/h2-3,8,10H,4-7,9H2,1H3,(H,16,17)(H,19,20). The minimum Gasteiger partial charge on any atom is -0.497 e. The Labute approximate surface area is 122 Å². The van der Waals surface area contributed by atoms with Crippen LogP contribution >= 0.6 is 0 Å². The van der Waals surface area contributed by atoms with E-state index in [4.69, 9.17) is 9.84 Å². The van der Waals surface area contributed by atoms with E-state index >= 15 is 0 Å². The number of methoxy groups -OCH3 is 1. The van der Waals surface area contributed by atoms with Crippen LogP contribution in [0.15, 0.2) is 18.2 Å². The number of fused-ring (bicyclic) bond motifs is 1. The largest absolute Gasteiger partial charge is 0.497 e. The molecule has 2 N–H and O–H groups in total. The molecule has 3 rings (SSSR count). The number of benzene rings is 1. The molecule has 6 heteroatoms. The molecule has 1 aromatic carbocycles. The summed E-state index contributed by atoms with van der Waals surface area (Å²) in [6.07, 6.45) is 1.89. The van der Waals surface area contributed by atoms with E-state index in [0.717, 1.165) is 48.3 Å². The quantitative estimate of drug-likeness (QED) is 0.898. The number of likely N-dealkylation sites (tertiary alicyclic amines) is 1. The average molecular weight is 289 g/mol. The Balaban J connectivity index is 1.75. The number of ether oxygens (including phenoxy) is 1. The predicted molar refractivity (Wildman–Crippen MR) is 78.7 cm³/mol. The average Bonchev–Trinajstić information content (AvgIpc) is 2.90. The number of carboxylic acid groups (broad SMARTS) is 1. The van der Waals surface area contributed by atoms with E-state index < -0.39 is 5.97 Å². The highest BCUT2D eigenvalue weighted by molar-refractivity contribution is 5.83. The van der Waals surface area contributed by atoms with Gasteiger partial charge >= 0.3 is 5.97 Å². The highest BCUT2D eigenvalue weighted by atomic mass is 16.5. The fraction of sp³-hybridized carbons (Fsp3) is 0.467. The lowest BCUT2D eigenvalue weighted by molar-refractivity contribution is -0.138. The highest BCUT2D eigenvalue weighted by Gasteiger charge is 2.24. The molecule has 2 aromatic rings. The van der Waals surface area contributed by atoms with Gasteiger partial charge in [0, 0.05) is 17.4 Å². The molecule has 1 aliphatic heterocycles. The third kappa shape index (κ3) is 2.85. The molecule has 0 radical (unpaired) electrons. The van der Waals surface area contributed by atoms with Crippen molar-refractivity contribution in [3.05, 3.63) is 23.9 Å². The zero-order valence-corrected chi connectivity index (χ0v) is 12.0. The second-order valence-corrected chi connectivity index (χ2v) is 5.46. The van der Waals surface area contributed by atoms with Crippen LogP contribution in [0.3, 0.4) is 0 Å². The second-order valence-electron chi connectivity index (χ2n) is 5.46. The maximum Gasteiger partial charge on any atom is 0.317 e. The number of carboxylic acids is 1. The van der Waals surface area contributed by atoms with Crippen molar-refractivity contribution < 1.29 is 14.6 Å². The number of H-pyrrole nitrogens is 1. The van der Waals surface area contributed by atoms with E-state index in [1.165, 1.54) is 0 Å². The van der Waals surface area contributed by atoms with Gasteiger partial charge in [0.2, 0.25) is 0 Å². The number of carbonyl (C=O) groups is 1. The third-order valence-electron chi connectivity index (χ3n) is 4.13. The Morgan fingerprint density at radius 1 is 1.48 bits per heavy atom. The van der Waals surface area contributed by atoms with Gasteiger partial charge in [0.05, 0.1) is 24.9 Å². The van der Waals surface area contributed by atoms with Crippen LogP contribution in [-0.4, -0.2) is 52.9 Å². The van der Waals surface area contributed by atoms with Gasteiger partial charge in [0.25, 0.3) is 0 Å². The first-order valence-corrected chi connectivity index (χ1v) is 7.13. The molecule has 0 bridgehead atoms. The Morgan fingerprint density at radius 2 is 2.24 bits per heavy atom. The molecule has 0 atom stereocenters.